The van der Waals surface area contributed by atoms with Crippen LogP contribution in [0.2, 0.25) is 0 Å². The Morgan fingerprint density at radius 3 is 2.58 bits per heavy atom. The van der Waals surface area contributed by atoms with Crippen molar-refractivity contribution >= 4 is 38.1 Å². The zero-order valence-electron chi connectivity index (χ0n) is 16.9. The highest BCUT2D eigenvalue weighted by molar-refractivity contribution is 9.10. The Morgan fingerprint density at radius 1 is 0.970 bits per heavy atom. The lowest BCUT2D eigenvalue weighted by molar-refractivity contribution is 0.153. The van der Waals surface area contributed by atoms with E-state index in [4.69, 9.17) is 9.26 Å². The fourth-order valence-electron chi connectivity index (χ4n) is 3.61. The number of ether oxygens (including phenoxy) is 1. The van der Waals surface area contributed by atoms with Gasteiger partial charge in [0, 0.05) is 20.7 Å². The van der Waals surface area contributed by atoms with Crippen LogP contribution in [0.15, 0.2) is 79.1 Å². The molecule has 2 unspecified atom stereocenters. The summed E-state index contributed by atoms with van der Waals surface area (Å²) in [6.45, 7) is 0. The number of aliphatic imine (C=N–C) groups is 1. The summed E-state index contributed by atoms with van der Waals surface area (Å²) in [6.07, 6.45) is 1.23. The molecule has 166 valence electrons. The van der Waals surface area contributed by atoms with Crippen molar-refractivity contribution in [3.63, 3.8) is 0 Å². The highest BCUT2D eigenvalue weighted by atomic mass is 79.9. The van der Waals surface area contributed by atoms with E-state index in [-0.39, 0.29) is 11.5 Å². The van der Waals surface area contributed by atoms with E-state index in [0.717, 1.165) is 10.0 Å². The summed E-state index contributed by atoms with van der Waals surface area (Å²) in [4.78, 5) is 8.96. The van der Waals surface area contributed by atoms with E-state index < -0.39 is 23.8 Å². The summed E-state index contributed by atoms with van der Waals surface area (Å²) in [5, 5.41) is 4.09. The molecule has 0 amide bonds. The second-order valence-electron chi connectivity index (χ2n) is 7.45. The molecule has 0 N–H and O–H groups in total. The van der Waals surface area contributed by atoms with Crippen molar-refractivity contribution in [1.29, 1.82) is 0 Å². The van der Waals surface area contributed by atoms with Crippen LogP contribution in [0, 0.1) is 11.6 Å². The topological polar surface area (TPSA) is 60.5 Å². The molecule has 0 fully saturated rings. The van der Waals surface area contributed by atoms with E-state index in [2.05, 4.69) is 47.0 Å². The van der Waals surface area contributed by atoms with Gasteiger partial charge in [-0.2, -0.15) is 4.98 Å². The second-order valence-corrected chi connectivity index (χ2v) is 9.28. The van der Waals surface area contributed by atoms with Crippen molar-refractivity contribution in [2.24, 2.45) is 4.99 Å². The zero-order chi connectivity index (χ0) is 22.9. The first kappa shape index (κ1) is 21.9. The quantitative estimate of drug-likeness (QED) is 0.254. The molecule has 0 bridgehead atoms. The number of benzene rings is 3. The zero-order valence-corrected chi connectivity index (χ0v) is 20.1. The van der Waals surface area contributed by atoms with Gasteiger partial charge in [0.15, 0.2) is 12.1 Å². The lowest BCUT2D eigenvalue weighted by atomic mass is 9.93. The molecule has 2 atom stereocenters. The van der Waals surface area contributed by atoms with E-state index in [1.165, 1.54) is 18.3 Å². The largest absolute Gasteiger partial charge is 0.468 e. The molecule has 0 saturated heterocycles. The molecule has 0 radical (unpaired) electrons. The van der Waals surface area contributed by atoms with Gasteiger partial charge in [-0.1, -0.05) is 55.2 Å². The van der Waals surface area contributed by atoms with Gasteiger partial charge < -0.3 is 9.26 Å². The molecule has 5 nitrogen and oxygen atoms in total. The van der Waals surface area contributed by atoms with E-state index in [0.29, 0.717) is 28.0 Å². The minimum absolute atomic E-state index is 0.0587. The Bertz CT molecular complexity index is 1360. The van der Waals surface area contributed by atoms with Gasteiger partial charge in [-0.25, -0.2) is 13.8 Å². The number of aromatic nitrogens is 2. The number of halogens is 4. The molecule has 4 aromatic rings. The second kappa shape index (κ2) is 9.15. The summed E-state index contributed by atoms with van der Waals surface area (Å²) >= 11 is 6.67. The predicted molar refractivity (Wildman–Crippen MR) is 126 cm³/mol. The molecule has 3 aromatic carbocycles. The standard InChI is InChI=1S/C24H15Br2F2N3O2/c25-15-5-7-19(27)14(9-15)12-29-23-18(10-13-3-1-2-4-21(13)32-23)22-30-24(33-31-22)17-11-16(26)6-8-20(17)28/h1-9,11-12,18,23H,10H2. The highest BCUT2D eigenvalue weighted by Crippen LogP contribution is 2.37. The normalized spacial score (nSPS) is 17.7. The molecule has 0 aliphatic carbocycles. The Kier molecular flexibility index (Phi) is 6.07. The lowest BCUT2D eigenvalue weighted by Gasteiger charge is -2.29. The summed E-state index contributed by atoms with van der Waals surface area (Å²) < 4.78 is 41.4. The van der Waals surface area contributed by atoms with Crippen molar-refractivity contribution in [3.8, 4) is 17.2 Å². The van der Waals surface area contributed by atoms with Gasteiger partial charge in [-0.3, -0.25) is 0 Å². The number of fused-ring (bicyclic) bond motifs is 1. The highest BCUT2D eigenvalue weighted by Gasteiger charge is 2.34. The molecule has 5 rings (SSSR count). The number of para-hydroxylation sites is 1. The van der Waals surface area contributed by atoms with Crippen LogP contribution in [0.3, 0.4) is 0 Å². The fourth-order valence-corrected chi connectivity index (χ4v) is 4.35. The third kappa shape index (κ3) is 4.60. The van der Waals surface area contributed by atoms with Crippen molar-refractivity contribution < 1.29 is 18.0 Å². The first-order valence-electron chi connectivity index (χ1n) is 10.00. The van der Waals surface area contributed by atoms with Gasteiger partial charge in [0.25, 0.3) is 5.89 Å². The summed E-state index contributed by atoms with van der Waals surface area (Å²) in [7, 11) is 0. The maximum atomic E-state index is 14.3. The SMILES string of the molecule is Fc1ccc(Br)cc1C=NC1Oc2ccccc2CC1c1noc(-c2cc(Br)ccc2F)n1. The molecule has 9 heteroatoms. The number of rotatable bonds is 4. The van der Waals surface area contributed by atoms with Crippen LogP contribution >= 0.6 is 31.9 Å². The van der Waals surface area contributed by atoms with Crippen molar-refractivity contribution in [3.05, 3.63) is 98.2 Å². The predicted octanol–water partition coefficient (Wildman–Crippen LogP) is 6.70. The number of nitrogens with zero attached hydrogens (tertiary/aromatic N) is 3. The van der Waals surface area contributed by atoms with Crippen LogP contribution in [0.25, 0.3) is 11.5 Å². The molecule has 1 aliphatic heterocycles. The van der Waals surface area contributed by atoms with Gasteiger partial charge in [0.1, 0.15) is 17.4 Å². The van der Waals surface area contributed by atoms with Gasteiger partial charge in [-0.05, 0) is 54.4 Å². The Labute approximate surface area is 204 Å². The first-order chi connectivity index (χ1) is 16.0. The lowest BCUT2D eigenvalue weighted by Crippen LogP contribution is -2.30. The molecule has 33 heavy (non-hydrogen) atoms. The Morgan fingerprint density at radius 2 is 1.73 bits per heavy atom. The minimum atomic E-state index is -0.726. The number of hydrogen-bond donors (Lipinski definition) is 0. The fraction of sp³-hybridized carbons (Fsp3) is 0.125. The molecule has 1 aromatic heterocycles. The van der Waals surface area contributed by atoms with E-state index >= 15 is 0 Å². The molecule has 2 heterocycles. The van der Waals surface area contributed by atoms with Crippen LogP contribution in [0.1, 0.15) is 22.9 Å². The molecular weight excluding hydrogens is 560 g/mol. The van der Waals surface area contributed by atoms with Gasteiger partial charge in [-0.15, -0.1) is 0 Å². The van der Waals surface area contributed by atoms with Gasteiger partial charge >= 0.3 is 0 Å². The third-order valence-corrected chi connectivity index (χ3v) is 6.24. The summed E-state index contributed by atoms with van der Waals surface area (Å²) in [5.41, 5.74) is 1.47. The van der Waals surface area contributed by atoms with Crippen LogP contribution < -0.4 is 4.74 Å². The Balaban J connectivity index is 1.51. The average Bonchev–Trinajstić information content (AvgIpc) is 3.30. The van der Waals surface area contributed by atoms with Crippen LogP contribution in [-0.2, 0) is 6.42 Å². The molecule has 0 saturated carbocycles. The Hall–Kier alpha value is -2.91. The van der Waals surface area contributed by atoms with Crippen molar-refractivity contribution in [1.82, 2.24) is 10.1 Å². The van der Waals surface area contributed by atoms with Crippen molar-refractivity contribution in [2.75, 3.05) is 0 Å². The van der Waals surface area contributed by atoms with Crippen LogP contribution in [0.4, 0.5) is 8.78 Å². The number of hydrogen-bond acceptors (Lipinski definition) is 5. The van der Waals surface area contributed by atoms with E-state index in [1.54, 1.807) is 24.3 Å². The first-order valence-corrected chi connectivity index (χ1v) is 11.6. The van der Waals surface area contributed by atoms with Gasteiger partial charge in [0.05, 0.1) is 11.5 Å². The van der Waals surface area contributed by atoms with Crippen LogP contribution in [-0.4, -0.2) is 22.6 Å². The third-order valence-electron chi connectivity index (χ3n) is 5.26. The van der Waals surface area contributed by atoms with Crippen molar-refractivity contribution in [2.45, 2.75) is 18.6 Å². The monoisotopic (exact) mass is 573 g/mol. The van der Waals surface area contributed by atoms with E-state index in [1.807, 2.05) is 24.3 Å². The minimum Gasteiger partial charge on any atom is -0.468 e. The molecule has 0 spiro atoms. The molecular formula is C24H15Br2F2N3O2. The van der Waals surface area contributed by atoms with E-state index in [9.17, 15) is 8.78 Å². The summed E-state index contributed by atoms with van der Waals surface area (Å²) in [6, 6.07) is 16.7. The smallest absolute Gasteiger partial charge is 0.260 e. The summed E-state index contributed by atoms with van der Waals surface area (Å²) in [5.74, 6) is -0.217. The van der Waals surface area contributed by atoms with Gasteiger partial charge in [0.2, 0.25) is 0 Å². The molecule has 1 aliphatic rings. The van der Waals surface area contributed by atoms with Crippen LogP contribution in [0.5, 0.6) is 5.75 Å². The maximum absolute atomic E-state index is 14.3. The average molecular weight is 575 g/mol. The maximum Gasteiger partial charge on any atom is 0.260 e.